The molecule has 0 atom stereocenters. The van der Waals surface area contributed by atoms with E-state index in [2.05, 4.69) is 17.6 Å². The van der Waals surface area contributed by atoms with E-state index < -0.39 is 0 Å². The van der Waals surface area contributed by atoms with Gasteiger partial charge in [-0.1, -0.05) is 18.2 Å². The van der Waals surface area contributed by atoms with Crippen molar-refractivity contribution < 1.29 is 9.53 Å². The van der Waals surface area contributed by atoms with Crippen molar-refractivity contribution in [3.8, 4) is 0 Å². The Morgan fingerprint density at radius 3 is 3.06 bits per heavy atom. The summed E-state index contributed by atoms with van der Waals surface area (Å²) in [6.07, 6.45) is 5.60. The molecule has 0 aliphatic heterocycles. The van der Waals surface area contributed by atoms with Crippen molar-refractivity contribution >= 4 is 35.6 Å². The van der Waals surface area contributed by atoms with Crippen LogP contribution in [-0.4, -0.2) is 23.8 Å². The quantitative estimate of drug-likeness (QED) is 0.647. The Hall–Kier alpha value is -1.68. The van der Waals surface area contributed by atoms with E-state index in [1.165, 1.54) is 7.11 Å². The number of benzene rings is 1. The van der Waals surface area contributed by atoms with Crippen LogP contribution in [0.3, 0.4) is 0 Å². The Balaban J connectivity index is 2.50. The third-order valence-electron chi connectivity index (χ3n) is 2.53. The molecule has 0 saturated heterocycles. The SMILES string of the molecule is COC(=O)c1c[nH]c2ccc(C=CCS)cc12. The molecular weight excluding hydrogens is 234 g/mol. The normalized spacial score (nSPS) is 11.2. The molecule has 0 bridgehead atoms. The van der Waals surface area contributed by atoms with Crippen molar-refractivity contribution in [2.75, 3.05) is 12.9 Å². The van der Waals surface area contributed by atoms with Crippen LogP contribution in [0.5, 0.6) is 0 Å². The van der Waals surface area contributed by atoms with Crippen molar-refractivity contribution in [2.24, 2.45) is 0 Å². The number of carbonyl (C=O) groups excluding carboxylic acids is 1. The predicted octanol–water partition coefficient (Wildman–Crippen LogP) is 2.90. The summed E-state index contributed by atoms with van der Waals surface area (Å²) >= 11 is 4.11. The fraction of sp³-hybridized carbons (Fsp3) is 0.154. The zero-order valence-corrected chi connectivity index (χ0v) is 10.3. The molecule has 88 valence electrons. The predicted molar refractivity (Wildman–Crippen MR) is 72.5 cm³/mol. The Morgan fingerprint density at radius 1 is 1.53 bits per heavy atom. The number of ether oxygens (including phenoxy) is 1. The van der Waals surface area contributed by atoms with Crippen LogP contribution in [0.2, 0.25) is 0 Å². The molecule has 0 spiro atoms. The van der Waals surface area contributed by atoms with Gasteiger partial charge in [-0.2, -0.15) is 12.6 Å². The van der Waals surface area contributed by atoms with Crippen molar-refractivity contribution in [2.45, 2.75) is 0 Å². The first-order valence-electron chi connectivity index (χ1n) is 5.23. The highest BCUT2D eigenvalue weighted by atomic mass is 32.1. The van der Waals surface area contributed by atoms with Gasteiger partial charge in [0.1, 0.15) is 0 Å². The van der Waals surface area contributed by atoms with Crippen molar-refractivity contribution in [1.82, 2.24) is 4.98 Å². The van der Waals surface area contributed by atoms with E-state index in [9.17, 15) is 4.79 Å². The topological polar surface area (TPSA) is 42.1 Å². The van der Waals surface area contributed by atoms with Crippen LogP contribution in [0.4, 0.5) is 0 Å². The molecule has 0 saturated carbocycles. The second kappa shape index (κ2) is 5.10. The van der Waals surface area contributed by atoms with E-state index in [1.807, 2.05) is 30.4 Å². The molecule has 0 aliphatic rings. The van der Waals surface area contributed by atoms with E-state index >= 15 is 0 Å². The van der Waals surface area contributed by atoms with Crippen molar-refractivity contribution in [1.29, 1.82) is 0 Å². The zero-order chi connectivity index (χ0) is 12.3. The maximum atomic E-state index is 11.5. The summed E-state index contributed by atoms with van der Waals surface area (Å²) in [5.41, 5.74) is 2.52. The molecule has 0 unspecified atom stereocenters. The van der Waals surface area contributed by atoms with Gasteiger partial charge < -0.3 is 9.72 Å². The van der Waals surface area contributed by atoms with E-state index in [0.717, 1.165) is 16.5 Å². The number of fused-ring (bicyclic) bond motifs is 1. The first-order valence-corrected chi connectivity index (χ1v) is 5.86. The number of aromatic amines is 1. The maximum Gasteiger partial charge on any atom is 0.340 e. The summed E-state index contributed by atoms with van der Waals surface area (Å²) in [5.74, 6) is 0.362. The van der Waals surface area contributed by atoms with Crippen LogP contribution in [-0.2, 0) is 4.74 Å². The average Bonchev–Trinajstić information content (AvgIpc) is 2.78. The molecule has 2 rings (SSSR count). The standard InChI is InChI=1S/C13H13NO2S/c1-16-13(15)11-8-14-12-5-4-9(3-2-6-17)7-10(11)12/h2-5,7-8,14,17H,6H2,1H3. The fourth-order valence-corrected chi connectivity index (χ4v) is 1.81. The number of methoxy groups -OCH3 is 1. The number of hydrogen-bond acceptors (Lipinski definition) is 3. The lowest BCUT2D eigenvalue weighted by Crippen LogP contribution is -1.99. The van der Waals surface area contributed by atoms with Crippen LogP contribution >= 0.6 is 12.6 Å². The average molecular weight is 247 g/mol. The van der Waals surface area contributed by atoms with Gasteiger partial charge in [0, 0.05) is 22.9 Å². The fourth-order valence-electron chi connectivity index (χ4n) is 1.71. The summed E-state index contributed by atoms with van der Waals surface area (Å²) in [4.78, 5) is 14.6. The highest BCUT2D eigenvalue weighted by Gasteiger charge is 2.11. The van der Waals surface area contributed by atoms with Gasteiger partial charge in [-0.15, -0.1) is 0 Å². The molecule has 17 heavy (non-hydrogen) atoms. The van der Waals surface area contributed by atoms with Crippen LogP contribution < -0.4 is 0 Å². The van der Waals surface area contributed by atoms with Gasteiger partial charge in [-0.25, -0.2) is 4.79 Å². The van der Waals surface area contributed by atoms with Crippen LogP contribution in [0.15, 0.2) is 30.5 Å². The van der Waals surface area contributed by atoms with Gasteiger partial charge in [0.2, 0.25) is 0 Å². The molecule has 0 fully saturated rings. The second-order valence-corrected chi connectivity index (χ2v) is 3.95. The number of nitrogens with one attached hydrogen (secondary N) is 1. The summed E-state index contributed by atoms with van der Waals surface area (Å²) in [5, 5.41) is 0.873. The smallest absolute Gasteiger partial charge is 0.340 e. The highest BCUT2D eigenvalue weighted by Crippen LogP contribution is 2.21. The van der Waals surface area contributed by atoms with E-state index in [-0.39, 0.29) is 5.97 Å². The Bertz CT molecular complexity index is 572. The number of H-pyrrole nitrogens is 1. The molecule has 2 aromatic rings. The monoisotopic (exact) mass is 247 g/mol. The summed E-state index contributed by atoms with van der Waals surface area (Å²) in [7, 11) is 1.38. The van der Waals surface area contributed by atoms with E-state index in [0.29, 0.717) is 11.3 Å². The number of aromatic nitrogens is 1. The second-order valence-electron chi connectivity index (χ2n) is 3.58. The molecule has 0 aliphatic carbocycles. The number of hydrogen-bond donors (Lipinski definition) is 2. The van der Waals surface area contributed by atoms with Gasteiger partial charge >= 0.3 is 5.97 Å². The maximum absolute atomic E-state index is 11.5. The minimum absolute atomic E-state index is 0.327. The molecule has 3 nitrogen and oxygen atoms in total. The first kappa shape index (κ1) is 11.8. The third kappa shape index (κ3) is 2.36. The van der Waals surface area contributed by atoms with Gasteiger partial charge in [-0.3, -0.25) is 0 Å². The largest absolute Gasteiger partial charge is 0.465 e. The number of carbonyl (C=O) groups is 1. The van der Waals surface area contributed by atoms with E-state index in [4.69, 9.17) is 4.74 Å². The third-order valence-corrected chi connectivity index (χ3v) is 2.74. The Morgan fingerprint density at radius 2 is 2.35 bits per heavy atom. The molecule has 4 heteroatoms. The first-order chi connectivity index (χ1) is 8.26. The van der Waals surface area contributed by atoms with Gasteiger partial charge in [0.15, 0.2) is 0 Å². The molecule has 1 aromatic carbocycles. The van der Waals surface area contributed by atoms with E-state index in [1.54, 1.807) is 6.20 Å². The minimum atomic E-state index is -0.327. The number of thiol groups is 1. The molecule has 1 aromatic heterocycles. The molecule has 1 heterocycles. The molecule has 0 radical (unpaired) electrons. The molecular formula is C13H13NO2S. The van der Waals surface area contributed by atoms with Gasteiger partial charge in [0.25, 0.3) is 0 Å². The molecule has 0 amide bonds. The van der Waals surface area contributed by atoms with Crippen LogP contribution in [0.1, 0.15) is 15.9 Å². The lowest BCUT2D eigenvalue weighted by molar-refractivity contribution is 0.0603. The van der Waals surface area contributed by atoms with Crippen LogP contribution in [0.25, 0.3) is 17.0 Å². The number of rotatable bonds is 3. The van der Waals surface area contributed by atoms with Gasteiger partial charge in [0.05, 0.1) is 12.7 Å². The summed E-state index contributed by atoms with van der Waals surface area (Å²) in [6, 6.07) is 5.89. The lowest BCUT2D eigenvalue weighted by Gasteiger charge is -1.98. The zero-order valence-electron chi connectivity index (χ0n) is 9.43. The van der Waals surface area contributed by atoms with Crippen LogP contribution in [0, 0.1) is 0 Å². The lowest BCUT2D eigenvalue weighted by atomic mass is 10.1. The highest BCUT2D eigenvalue weighted by molar-refractivity contribution is 7.80. The summed E-state index contributed by atoms with van der Waals surface area (Å²) in [6.45, 7) is 0. The molecule has 1 N–H and O–H groups in total. The Labute approximate surface area is 105 Å². The van der Waals surface area contributed by atoms with Crippen molar-refractivity contribution in [3.63, 3.8) is 0 Å². The van der Waals surface area contributed by atoms with Crippen molar-refractivity contribution in [3.05, 3.63) is 41.6 Å². The summed E-state index contributed by atoms with van der Waals surface area (Å²) < 4.78 is 4.73. The van der Waals surface area contributed by atoms with Gasteiger partial charge in [-0.05, 0) is 17.7 Å². The Kier molecular flexibility index (Phi) is 3.54. The minimum Gasteiger partial charge on any atom is -0.465 e. The number of esters is 1.